The number of carbonyl (C=O) groups is 3. The Balaban J connectivity index is 4.30. The Morgan fingerprint density at radius 3 is 1.25 bits per heavy atom. The van der Waals surface area contributed by atoms with E-state index < -0.39 is 24.3 Å². The van der Waals surface area contributed by atoms with Crippen molar-refractivity contribution in [3.05, 3.63) is 48.6 Å². The molecule has 9 nitrogen and oxygen atoms in total. The zero-order valence-corrected chi connectivity index (χ0v) is 42.9. The standard InChI is InChI=1S/C56H101NO8/c1-6-8-10-12-14-16-18-20-22-23-24-25-26-27-28-29-30-31-33-35-37-39-41-43-45-47-54(59)65-52(51-64-56(55(60)61)62-49-48-57(3,4)5)50-63-53(58)46-44-42-40-38-36-34-32-21-19-17-15-13-11-9-7-2/h18,20-21,23-24,26-27,32,52,56H,6-17,19,22,25,28-31,33-51H2,1-5H3/p+1/b20-18-,24-23-,27-26-,32-21-. The number of unbranched alkanes of at least 4 members (excludes halogenated alkanes) is 26. The minimum atomic E-state index is -1.51. The quantitative estimate of drug-likeness (QED) is 0.0211. The fourth-order valence-corrected chi connectivity index (χ4v) is 7.37. The van der Waals surface area contributed by atoms with E-state index in [0.29, 0.717) is 23.9 Å². The maximum absolute atomic E-state index is 12.8. The van der Waals surface area contributed by atoms with Gasteiger partial charge in [-0.1, -0.05) is 191 Å². The van der Waals surface area contributed by atoms with Crippen LogP contribution >= 0.6 is 0 Å². The van der Waals surface area contributed by atoms with Gasteiger partial charge in [-0.2, -0.15) is 0 Å². The summed E-state index contributed by atoms with van der Waals surface area (Å²) >= 11 is 0. The molecule has 0 saturated carbocycles. The van der Waals surface area contributed by atoms with Gasteiger partial charge in [-0.3, -0.25) is 9.59 Å². The van der Waals surface area contributed by atoms with Gasteiger partial charge in [-0.15, -0.1) is 0 Å². The molecular formula is C56H102NO8+. The number of likely N-dealkylation sites (N-methyl/N-ethyl adjacent to an activating group) is 1. The van der Waals surface area contributed by atoms with Crippen LogP contribution in [0, 0.1) is 0 Å². The number of hydrogen-bond donors (Lipinski definition) is 1. The first-order valence-electron chi connectivity index (χ1n) is 26.8. The topological polar surface area (TPSA) is 108 Å². The van der Waals surface area contributed by atoms with Crippen LogP contribution in [0.3, 0.4) is 0 Å². The summed E-state index contributed by atoms with van der Waals surface area (Å²) in [5, 5.41) is 9.67. The molecule has 9 heteroatoms. The number of aliphatic carboxylic acids is 1. The fraction of sp³-hybridized carbons (Fsp3) is 0.804. The SMILES string of the molecule is CCCCCCC/C=C\C/C=C\C/C=C\CCCCCCCCCCCCC(=O)OC(COC(=O)CCCCCCC/C=C\CCCCCCCC)COC(OCC[N+](C)(C)C)C(=O)O. The van der Waals surface area contributed by atoms with Crippen molar-refractivity contribution < 1.29 is 42.9 Å². The molecule has 0 aliphatic heterocycles. The summed E-state index contributed by atoms with van der Waals surface area (Å²) in [6.07, 6.45) is 54.6. The molecule has 0 saturated heterocycles. The first kappa shape index (κ1) is 62.2. The fourth-order valence-electron chi connectivity index (χ4n) is 7.37. The number of quaternary nitrogens is 1. The van der Waals surface area contributed by atoms with E-state index in [1.807, 2.05) is 21.1 Å². The predicted octanol–water partition coefficient (Wildman–Crippen LogP) is 15.1. The number of carboxylic acid groups (broad SMARTS) is 1. The normalized spacial score (nSPS) is 13.2. The largest absolute Gasteiger partial charge is 0.477 e. The number of hydrogen-bond acceptors (Lipinski definition) is 7. The van der Waals surface area contributed by atoms with Crippen molar-refractivity contribution in [1.29, 1.82) is 0 Å². The van der Waals surface area contributed by atoms with Crippen molar-refractivity contribution in [2.75, 3.05) is 47.5 Å². The Labute approximate surface area is 400 Å². The molecule has 65 heavy (non-hydrogen) atoms. The molecule has 0 aliphatic rings. The summed E-state index contributed by atoms with van der Waals surface area (Å²) in [5.41, 5.74) is 0. The number of carbonyl (C=O) groups excluding carboxylic acids is 2. The zero-order chi connectivity index (χ0) is 47.7. The van der Waals surface area contributed by atoms with Crippen molar-refractivity contribution in [3.8, 4) is 0 Å². The summed E-state index contributed by atoms with van der Waals surface area (Å²) in [6, 6.07) is 0. The molecule has 0 amide bonds. The molecule has 0 aromatic rings. The van der Waals surface area contributed by atoms with Crippen LogP contribution in [0.5, 0.6) is 0 Å². The van der Waals surface area contributed by atoms with Gasteiger partial charge < -0.3 is 28.5 Å². The third-order valence-electron chi connectivity index (χ3n) is 11.6. The maximum atomic E-state index is 12.8. The summed E-state index contributed by atoms with van der Waals surface area (Å²) in [4.78, 5) is 37.3. The minimum Gasteiger partial charge on any atom is -0.477 e. The molecule has 0 aromatic carbocycles. The van der Waals surface area contributed by atoms with E-state index in [1.54, 1.807) is 0 Å². The van der Waals surface area contributed by atoms with Crippen molar-refractivity contribution >= 4 is 17.9 Å². The molecular weight excluding hydrogens is 815 g/mol. The van der Waals surface area contributed by atoms with Gasteiger partial charge in [0.05, 0.1) is 34.4 Å². The van der Waals surface area contributed by atoms with Gasteiger partial charge in [-0.25, -0.2) is 4.79 Å². The summed E-state index contributed by atoms with van der Waals surface area (Å²) in [7, 11) is 5.96. The van der Waals surface area contributed by atoms with Gasteiger partial charge in [0.2, 0.25) is 0 Å². The summed E-state index contributed by atoms with van der Waals surface area (Å²) in [5.74, 6) is -2.02. The number of ether oxygens (including phenoxy) is 4. The van der Waals surface area contributed by atoms with Crippen LogP contribution in [0.25, 0.3) is 0 Å². The second-order valence-electron chi connectivity index (χ2n) is 19.2. The lowest BCUT2D eigenvalue weighted by atomic mass is 10.0. The Morgan fingerprint density at radius 1 is 0.462 bits per heavy atom. The molecule has 0 spiro atoms. The summed E-state index contributed by atoms with van der Waals surface area (Å²) in [6.45, 7) is 4.85. The number of nitrogens with zero attached hydrogens (tertiary/aromatic N) is 1. The number of carboxylic acids is 1. The molecule has 1 N–H and O–H groups in total. The smallest absolute Gasteiger partial charge is 0.361 e. The van der Waals surface area contributed by atoms with E-state index in [-0.39, 0.29) is 32.2 Å². The molecule has 0 rings (SSSR count). The average Bonchev–Trinajstić information content (AvgIpc) is 3.27. The first-order chi connectivity index (χ1) is 31.6. The lowest BCUT2D eigenvalue weighted by Gasteiger charge is -2.25. The van der Waals surface area contributed by atoms with Crippen LogP contribution in [0.2, 0.25) is 0 Å². The zero-order valence-electron chi connectivity index (χ0n) is 42.9. The van der Waals surface area contributed by atoms with Crippen molar-refractivity contribution in [2.45, 2.75) is 245 Å². The van der Waals surface area contributed by atoms with E-state index in [2.05, 4.69) is 62.5 Å². The van der Waals surface area contributed by atoms with Gasteiger partial charge in [0.1, 0.15) is 13.2 Å². The minimum absolute atomic E-state index is 0.185. The van der Waals surface area contributed by atoms with Crippen LogP contribution in [0.4, 0.5) is 0 Å². The first-order valence-corrected chi connectivity index (χ1v) is 26.8. The van der Waals surface area contributed by atoms with Crippen LogP contribution in [-0.2, 0) is 33.3 Å². The molecule has 378 valence electrons. The Kier molecular flexibility index (Phi) is 45.7. The van der Waals surface area contributed by atoms with Gasteiger partial charge in [0.15, 0.2) is 6.10 Å². The summed E-state index contributed by atoms with van der Waals surface area (Å²) < 4.78 is 22.8. The van der Waals surface area contributed by atoms with E-state index in [1.165, 1.54) is 128 Å². The highest BCUT2D eigenvalue weighted by molar-refractivity contribution is 5.71. The highest BCUT2D eigenvalue weighted by Gasteiger charge is 2.25. The third-order valence-corrected chi connectivity index (χ3v) is 11.6. The lowest BCUT2D eigenvalue weighted by Crippen LogP contribution is -2.40. The molecule has 2 atom stereocenters. The molecule has 0 radical (unpaired) electrons. The highest BCUT2D eigenvalue weighted by atomic mass is 16.7. The Morgan fingerprint density at radius 2 is 0.831 bits per heavy atom. The number of allylic oxidation sites excluding steroid dienone is 8. The van der Waals surface area contributed by atoms with Crippen LogP contribution in [-0.4, -0.2) is 87.4 Å². The van der Waals surface area contributed by atoms with Crippen molar-refractivity contribution in [3.63, 3.8) is 0 Å². The van der Waals surface area contributed by atoms with Crippen molar-refractivity contribution in [2.24, 2.45) is 0 Å². The maximum Gasteiger partial charge on any atom is 0.361 e. The van der Waals surface area contributed by atoms with E-state index in [0.717, 1.165) is 70.6 Å². The molecule has 0 bridgehead atoms. The average molecular weight is 917 g/mol. The van der Waals surface area contributed by atoms with Crippen LogP contribution in [0.15, 0.2) is 48.6 Å². The molecule has 0 aromatic heterocycles. The highest BCUT2D eigenvalue weighted by Crippen LogP contribution is 2.15. The number of esters is 2. The van der Waals surface area contributed by atoms with Crippen molar-refractivity contribution in [1.82, 2.24) is 0 Å². The van der Waals surface area contributed by atoms with E-state index >= 15 is 0 Å². The molecule has 2 unspecified atom stereocenters. The van der Waals surface area contributed by atoms with Crippen LogP contribution in [0.1, 0.15) is 232 Å². The monoisotopic (exact) mass is 917 g/mol. The second-order valence-corrected chi connectivity index (χ2v) is 19.2. The van der Waals surface area contributed by atoms with Gasteiger partial charge in [0.25, 0.3) is 6.29 Å². The Bertz CT molecular complexity index is 1210. The third kappa shape index (κ3) is 49.0. The Hall–Kier alpha value is -2.75. The van der Waals surface area contributed by atoms with E-state index in [4.69, 9.17) is 18.9 Å². The second kappa shape index (κ2) is 47.7. The number of rotatable bonds is 49. The molecule has 0 fully saturated rings. The predicted molar refractivity (Wildman–Crippen MR) is 272 cm³/mol. The lowest BCUT2D eigenvalue weighted by molar-refractivity contribution is -0.870. The molecule has 0 aliphatic carbocycles. The van der Waals surface area contributed by atoms with Gasteiger partial charge >= 0.3 is 17.9 Å². The van der Waals surface area contributed by atoms with Crippen LogP contribution < -0.4 is 0 Å². The molecule has 0 heterocycles. The van der Waals surface area contributed by atoms with Gasteiger partial charge in [0, 0.05) is 12.8 Å². The van der Waals surface area contributed by atoms with E-state index in [9.17, 15) is 19.5 Å². The van der Waals surface area contributed by atoms with Gasteiger partial charge in [-0.05, 0) is 77.0 Å².